The Morgan fingerprint density at radius 3 is 2.20 bits per heavy atom. The van der Waals surface area contributed by atoms with E-state index < -0.39 is 0 Å². The number of halogens is 1. The molecule has 0 aliphatic heterocycles. The fourth-order valence-electron chi connectivity index (χ4n) is 2.63. The summed E-state index contributed by atoms with van der Waals surface area (Å²) >= 11 is 3.50. The van der Waals surface area contributed by atoms with Gasteiger partial charge in [-0.2, -0.15) is 0 Å². The Bertz CT molecular complexity index is 706. The van der Waals surface area contributed by atoms with E-state index in [-0.39, 0.29) is 0 Å². The molecule has 0 aliphatic carbocycles. The average molecular weight is 410 g/mol. The standard InChI is InChI=1S/C19H24BrNO4/c1-22-16-6-5-13(9-17(16)23-2)7-8-21-12-14-10-15(20)11-18(24-3)19(14)25-4/h5-6,9-11,21H,7-8,12H2,1-4H3. The van der Waals surface area contributed by atoms with Crippen molar-refractivity contribution in [3.05, 3.63) is 45.9 Å². The molecule has 0 radical (unpaired) electrons. The molecule has 5 nitrogen and oxygen atoms in total. The molecule has 2 aromatic carbocycles. The van der Waals surface area contributed by atoms with Gasteiger partial charge in [0, 0.05) is 16.6 Å². The molecule has 2 rings (SSSR count). The first-order valence-electron chi connectivity index (χ1n) is 7.95. The second-order valence-electron chi connectivity index (χ2n) is 5.42. The molecule has 0 spiro atoms. The summed E-state index contributed by atoms with van der Waals surface area (Å²) in [4.78, 5) is 0. The lowest BCUT2D eigenvalue weighted by Gasteiger charge is -2.14. The molecule has 2 aromatic rings. The molecule has 0 amide bonds. The lowest BCUT2D eigenvalue weighted by molar-refractivity contribution is 0.350. The zero-order valence-corrected chi connectivity index (χ0v) is 16.6. The molecule has 136 valence electrons. The third kappa shape index (κ3) is 5.03. The van der Waals surface area contributed by atoms with E-state index in [4.69, 9.17) is 18.9 Å². The second kappa shape index (κ2) is 9.53. The molecule has 0 saturated heterocycles. The minimum Gasteiger partial charge on any atom is -0.493 e. The summed E-state index contributed by atoms with van der Waals surface area (Å²) in [6, 6.07) is 9.90. The van der Waals surface area contributed by atoms with E-state index in [1.165, 1.54) is 5.56 Å². The molecule has 0 atom stereocenters. The number of benzene rings is 2. The minimum atomic E-state index is 0.687. The molecule has 0 saturated carbocycles. The molecule has 0 unspecified atom stereocenters. The van der Waals surface area contributed by atoms with Gasteiger partial charge in [-0.05, 0) is 42.8 Å². The van der Waals surface area contributed by atoms with Gasteiger partial charge in [0.25, 0.3) is 0 Å². The van der Waals surface area contributed by atoms with E-state index in [2.05, 4.69) is 21.2 Å². The summed E-state index contributed by atoms with van der Waals surface area (Å²) in [7, 11) is 6.57. The van der Waals surface area contributed by atoms with Gasteiger partial charge >= 0.3 is 0 Å². The van der Waals surface area contributed by atoms with Crippen LogP contribution < -0.4 is 24.3 Å². The van der Waals surface area contributed by atoms with Crippen molar-refractivity contribution in [1.29, 1.82) is 0 Å². The van der Waals surface area contributed by atoms with Crippen LogP contribution in [0.25, 0.3) is 0 Å². The highest BCUT2D eigenvalue weighted by molar-refractivity contribution is 9.10. The third-order valence-electron chi connectivity index (χ3n) is 3.87. The lowest BCUT2D eigenvalue weighted by Crippen LogP contribution is -2.17. The number of methoxy groups -OCH3 is 4. The first-order chi connectivity index (χ1) is 12.1. The SMILES string of the molecule is COc1ccc(CCNCc2cc(Br)cc(OC)c2OC)cc1OC. The van der Waals surface area contributed by atoms with Gasteiger partial charge in [-0.1, -0.05) is 22.0 Å². The lowest BCUT2D eigenvalue weighted by atomic mass is 10.1. The van der Waals surface area contributed by atoms with Crippen LogP contribution in [0.5, 0.6) is 23.0 Å². The van der Waals surface area contributed by atoms with Gasteiger partial charge in [-0.15, -0.1) is 0 Å². The monoisotopic (exact) mass is 409 g/mol. The third-order valence-corrected chi connectivity index (χ3v) is 4.33. The van der Waals surface area contributed by atoms with Crippen LogP contribution in [-0.4, -0.2) is 35.0 Å². The number of rotatable bonds is 9. The smallest absolute Gasteiger partial charge is 0.165 e. The van der Waals surface area contributed by atoms with Crippen molar-refractivity contribution < 1.29 is 18.9 Å². The van der Waals surface area contributed by atoms with Crippen molar-refractivity contribution in [3.63, 3.8) is 0 Å². The number of nitrogens with one attached hydrogen (secondary N) is 1. The van der Waals surface area contributed by atoms with Crippen LogP contribution in [0, 0.1) is 0 Å². The number of hydrogen-bond acceptors (Lipinski definition) is 5. The molecule has 1 N–H and O–H groups in total. The van der Waals surface area contributed by atoms with E-state index in [0.29, 0.717) is 12.3 Å². The first-order valence-corrected chi connectivity index (χ1v) is 8.74. The van der Waals surface area contributed by atoms with Crippen LogP contribution in [0.4, 0.5) is 0 Å². The Hall–Kier alpha value is -1.92. The van der Waals surface area contributed by atoms with Crippen LogP contribution in [-0.2, 0) is 13.0 Å². The highest BCUT2D eigenvalue weighted by atomic mass is 79.9. The van der Waals surface area contributed by atoms with Crippen LogP contribution >= 0.6 is 15.9 Å². The maximum atomic E-state index is 5.48. The molecule has 0 fully saturated rings. The fraction of sp³-hybridized carbons (Fsp3) is 0.368. The van der Waals surface area contributed by atoms with E-state index in [0.717, 1.165) is 40.3 Å². The summed E-state index contributed by atoms with van der Waals surface area (Å²) in [6.45, 7) is 1.51. The van der Waals surface area contributed by atoms with Crippen LogP contribution in [0.3, 0.4) is 0 Å². The second-order valence-corrected chi connectivity index (χ2v) is 6.33. The maximum Gasteiger partial charge on any atom is 0.165 e. The number of hydrogen-bond donors (Lipinski definition) is 1. The van der Waals surface area contributed by atoms with Gasteiger partial charge < -0.3 is 24.3 Å². The van der Waals surface area contributed by atoms with Gasteiger partial charge in [0.05, 0.1) is 28.4 Å². The van der Waals surface area contributed by atoms with Gasteiger partial charge in [0.2, 0.25) is 0 Å². The Morgan fingerprint density at radius 1 is 0.840 bits per heavy atom. The Kier molecular flexibility index (Phi) is 7.40. The van der Waals surface area contributed by atoms with Gasteiger partial charge in [-0.3, -0.25) is 0 Å². The predicted octanol–water partition coefficient (Wildman–Crippen LogP) is 3.82. The molecule has 0 heterocycles. The summed E-state index contributed by atoms with van der Waals surface area (Å²) in [5.74, 6) is 2.96. The van der Waals surface area contributed by atoms with Gasteiger partial charge in [0.1, 0.15) is 0 Å². The minimum absolute atomic E-state index is 0.687. The van der Waals surface area contributed by atoms with Crippen molar-refractivity contribution >= 4 is 15.9 Å². The summed E-state index contributed by atoms with van der Waals surface area (Å²) in [5.41, 5.74) is 2.23. The van der Waals surface area contributed by atoms with E-state index >= 15 is 0 Å². The van der Waals surface area contributed by atoms with Gasteiger partial charge in [0.15, 0.2) is 23.0 Å². The zero-order valence-electron chi connectivity index (χ0n) is 15.0. The normalized spacial score (nSPS) is 10.4. The average Bonchev–Trinajstić information content (AvgIpc) is 2.64. The van der Waals surface area contributed by atoms with Crippen molar-refractivity contribution in [2.45, 2.75) is 13.0 Å². The highest BCUT2D eigenvalue weighted by Crippen LogP contribution is 2.34. The topological polar surface area (TPSA) is 49.0 Å². The zero-order chi connectivity index (χ0) is 18.2. The molecule has 6 heteroatoms. The Balaban J connectivity index is 1.97. The van der Waals surface area contributed by atoms with Crippen molar-refractivity contribution in [3.8, 4) is 23.0 Å². The molecular weight excluding hydrogens is 386 g/mol. The summed E-state index contributed by atoms with van der Waals surface area (Å²) < 4.78 is 22.4. The van der Waals surface area contributed by atoms with E-state index in [1.54, 1.807) is 28.4 Å². The largest absolute Gasteiger partial charge is 0.493 e. The first kappa shape index (κ1) is 19.4. The number of ether oxygens (including phenoxy) is 4. The van der Waals surface area contributed by atoms with Crippen LogP contribution in [0.2, 0.25) is 0 Å². The van der Waals surface area contributed by atoms with Crippen LogP contribution in [0.1, 0.15) is 11.1 Å². The van der Waals surface area contributed by atoms with E-state index in [9.17, 15) is 0 Å². The predicted molar refractivity (Wildman–Crippen MR) is 102 cm³/mol. The Morgan fingerprint density at radius 2 is 1.56 bits per heavy atom. The quantitative estimate of drug-likeness (QED) is 0.637. The molecular formula is C19H24BrNO4. The molecule has 0 aliphatic rings. The molecule has 0 bridgehead atoms. The van der Waals surface area contributed by atoms with Crippen molar-refractivity contribution in [1.82, 2.24) is 5.32 Å². The molecule has 25 heavy (non-hydrogen) atoms. The van der Waals surface area contributed by atoms with Crippen molar-refractivity contribution in [2.24, 2.45) is 0 Å². The molecule has 0 aromatic heterocycles. The Labute approximate surface area is 157 Å². The van der Waals surface area contributed by atoms with Crippen molar-refractivity contribution in [2.75, 3.05) is 35.0 Å². The summed E-state index contributed by atoms with van der Waals surface area (Å²) in [5, 5.41) is 3.44. The maximum absolute atomic E-state index is 5.48. The fourth-order valence-corrected chi connectivity index (χ4v) is 3.11. The summed E-state index contributed by atoms with van der Waals surface area (Å²) in [6.07, 6.45) is 0.883. The van der Waals surface area contributed by atoms with Crippen LogP contribution in [0.15, 0.2) is 34.8 Å². The van der Waals surface area contributed by atoms with Gasteiger partial charge in [-0.25, -0.2) is 0 Å². The van der Waals surface area contributed by atoms with E-state index in [1.807, 2.05) is 30.3 Å². The highest BCUT2D eigenvalue weighted by Gasteiger charge is 2.11.